The van der Waals surface area contributed by atoms with Crippen molar-refractivity contribution < 1.29 is 24.0 Å². The average molecular weight is 689 g/mol. The van der Waals surface area contributed by atoms with Crippen LogP contribution in [0.25, 0.3) is 0 Å². The highest BCUT2D eigenvalue weighted by Gasteiger charge is 2.43. The molecule has 2 aliphatic carbocycles. The molecule has 13 heteroatoms. The van der Waals surface area contributed by atoms with E-state index in [0.29, 0.717) is 31.4 Å². The van der Waals surface area contributed by atoms with Crippen LogP contribution in [0.4, 0.5) is 10.5 Å². The summed E-state index contributed by atoms with van der Waals surface area (Å²) in [4.78, 5) is 89.7. The average Bonchev–Trinajstić information content (AvgIpc) is 3.82. The van der Waals surface area contributed by atoms with Gasteiger partial charge < -0.3 is 31.9 Å². The number of amides is 5. The van der Waals surface area contributed by atoms with E-state index in [4.69, 9.17) is 5.73 Å². The minimum absolute atomic E-state index is 0.178. The van der Waals surface area contributed by atoms with Crippen LogP contribution in [0.1, 0.15) is 119 Å². The quantitative estimate of drug-likeness (QED) is 0.207. The van der Waals surface area contributed by atoms with Gasteiger partial charge >= 0.3 is 6.03 Å². The number of hydrogen-bond acceptors (Lipinski definition) is 8. The molecule has 4 rings (SSSR count). The smallest absolute Gasteiger partial charge is 0.315 e. The molecule has 2 saturated carbocycles. The highest BCUT2D eigenvalue weighted by Crippen LogP contribution is 2.31. The van der Waals surface area contributed by atoms with E-state index >= 15 is 0 Å². The Bertz CT molecular complexity index is 1390. The number of likely N-dealkylation sites (tertiary alicyclic amines) is 1. The van der Waals surface area contributed by atoms with Crippen molar-refractivity contribution in [2.45, 2.75) is 144 Å². The molecular weight excluding hydrogens is 628 g/mol. The van der Waals surface area contributed by atoms with Crippen LogP contribution in [0.15, 0.2) is 9.59 Å². The SMILES string of the molecule is C1CC1.CC.Cc1c(NCC(NC(=O)NC(C(=O)N2CCC[C@H]2C(=O)NC(CC2CCC2)C(=O)C(N)=O)C(C)(C)C)C(C)(C)C)c(=O)c1=O. The minimum atomic E-state index is -1.11. The molecule has 49 heavy (non-hydrogen) atoms. The third-order valence-electron chi connectivity index (χ3n) is 9.23. The van der Waals surface area contributed by atoms with Gasteiger partial charge in [-0.05, 0) is 42.9 Å². The number of nitrogens with zero attached hydrogens (tertiary/aromatic N) is 1. The predicted molar refractivity (Wildman–Crippen MR) is 191 cm³/mol. The van der Waals surface area contributed by atoms with Gasteiger partial charge in [0.1, 0.15) is 12.1 Å². The first kappa shape index (κ1) is 41.4. The summed E-state index contributed by atoms with van der Waals surface area (Å²) in [7, 11) is 0. The largest absolute Gasteiger partial charge is 0.379 e. The first-order chi connectivity index (χ1) is 22.8. The second-order valence-electron chi connectivity index (χ2n) is 15.4. The van der Waals surface area contributed by atoms with Crippen molar-refractivity contribution in [2.24, 2.45) is 22.5 Å². The lowest BCUT2D eigenvalue weighted by Gasteiger charge is -2.37. The van der Waals surface area contributed by atoms with E-state index in [2.05, 4.69) is 21.3 Å². The van der Waals surface area contributed by atoms with Gasteiger partial charge in [-0.15, -0.1) is 0 Å². The van der Waals surface area contributed by atoms with Crippen molar-refractivity contribution in [2.75, 3.05) is 18.4 Å². The van der Waals surface area contributed by atoms with Crippen LogP contribution < -0.4 is 37.9 Å². The van der Waals surface area contributed by atoms with Crippen LogP contribution in [-0.4, -0.2) is 71.7 Å². The number of urea groups is 1. The lowest BCUT2D eigenvalue weighted by Crippen LogP contribution is -2.61. The molecule has 0 aromatic heterocycles. The highest BCUT2D eigenvalue weighted by atomic mass is 16.2. The van der Waals surface area contributed by atoms with Crippen LogP contribution in [0.3, 0.4) is 0 Å². The highest BCUT2D eigenvalue weighted by molar-refractivity contribution is 6.37. The van der Waals surface area contributed by atoms with Crippen molar-refractivity contribution in [1.29, 1.82) is 0 Å². The first-order valence-electron chi connectivity index (χ1n) is 17.9. The molecule has 0 radical (unpaired) electrons. The number of carbonyl (C=O) groups is 5. The Morgan fingerprint density at radius 1 is 0.816 bits per heavy atom. The van der Waals surface area contributed by atoms with Crippen LogP contribution >= 0.6 is 0 Å². The van der Waals surface area contributed by atoms with Gasteiger partial charge in [-0.1, -0.05) is 93.9 Å². The number of anilines is 1. The lowest BCUT2D eigenvalue weighted by atomic mass is 9.80. The number of carbonyl (C=O) groups excluding carboxylic acids is 5. The summed E-state index contributed by atoms with van der Waals surface area (Å²) in [5.74, 6) is -2.70. The molecule has 1 saturated heterocycles. The van der Waals surface area contributed by atoms with Gasteiger partial charge in [0.15, 0.2) is 0 Å². The van der Waals surface area contributed by atoms with Gasteiger partial charge in [0.2, 0.25) is 28.5 Å². The van der Waals surface area contributed by atoms with E-state index in [1.54, 1.807) is 27.7 Å². The van der Waals surface area contributed by atoms with E-state index in [1.807, 2.05) is 34.6 Å². The van der Waals surface area contributed by atoms with E-state index in [1.165, 1.54) is 24.2 Å². The van der Waals surface area contributed by atoms with Crippen LogP contribution in [-0.2, 0) is 19.2 Å². The maximum Gasteiger partial charge on any atom is 0.315 e. The fourth-order valence-electron chi connectivity index (χ4n) is 5.68. The number of nitrogens with one attached hydrogen (secondary N) is 4. The fourth-order valence-corrected chi connectivity index (χ4v) is 5.68. The monoisotopic (exact) mass is 688 g/mol. The molecule has 3 fully saturated rings. The third-order valence-corrected chi connectivity index (χ3v) is 9.23. The van der Waals surface area contributed by atoms with E-state index in [0.717, 1.165) is 19.3 Å². The molecule has 3 aliphatic rings. The summed E-state index contributed by atoms with van der Waals surface area (Å²) >= 11 is 0. The molecule has 1 aromatic carbocycles. The van der Waals surface area contributed by atoms with Crippen molar-refractivity contribution in [3.05, 3.63) is 26.0 Å². The molecule has 0 spiro atoms. The number of rotatable bonds is 12. The summed E-state index contributed by atoms with van der Waals surface area (Å²) in [6, 6.07) is -4.00. The van der Waals surface area contributed by atoms with Crippen LogP contribution in [0, 0.1) is 23.7 Å². The van der Waals surface area contributed by atoms with Gasteiger partial charge in [0.05, 0.1) is 17.8 Å². The minimum Gasteiger partial charge on any atom is -0.379 e. The van der Waals surface area contributed by atoms with Crippen molar-refractivity contribution >= 4 is 35.2 Å². The molecule has 5 amide bonds. The van der Waals surface area contributed by atoms with Crippen molar-refractivity contribution in [3.63, 3.8) is 0 Å². The van der Waals surface area contributed by atoms with Crippen molar-refractivity contribution in [1.82, 2.24) is 20.9 Å². The Hall–Kier alpha value is -3.77. The number of ketones is 1. The van der Waals surface area contributed by atoms with Gasteiger partial charge in [0.25, 0.3) is 5.91 Å². The van der Waals surface area contributed by atoms with E-state index < -0.39 is 75.4 Å². The molecule has 6 N–H and O–H groups in total. The Morgan fingerprint density at radius 2 is 1.41 bits per heavy atom. The van der Waals surface area contributed by atoms with E-state index in [-0.39, 0.29) is 18.2 Å². The molecule has 13 nitrogen and oxygen atoms in total. The molecule has 0 bridgehead atoms. The fraction of sp³-hybridized carbons (Fsp3) is 0.750. The van der Waals surface area contributed by atoms with Crippen LogP contribution in [0.2, 0.25) is 0 Å². The predicted octanol–water partition coefficient (Wildman–Crippen LogP) is 3.05. The van der Waals surface area contributed by atoms with Gasteiger partial charge in [-0.2, -0.15) is 0 Å². The zero-order valence-electron chi connectivity index (χ0n) is 31.0. The Labute approximate surface area is 291 Å². The Kier molecular flexibility index (Phi) is 15.0. The maximum absolute atomic E-state index is 13.9. The normalized spacial score (nSPS) is 19.0. The molecular formula is C36H60N6O7. The Morgan fingerprint density at radius 3 is 1.86 bits per heavy atom. The molecule has 276 valence electrons. The van der Waals surface area contributed by atoms with E-state index in [9.17, 15) is 33.6 Å². The summed E-state index contributed by atoms with van der Waals surface area (Å²) in [6.07, 6.45) is 8.60. The summed E-state index contributed by atoms with van der Waals surface area (Å²) in [5, 5.41) is 11.4. The third kappa shape index (κ3) is 11.7. The lowest BCUT2D eigenvalue weighted by molar-refractivity contribution is -0.143. The number of hydrogen-bond donors (Lipinski definition) is 5. The standard InChI is InChI=1S/C31H48N6O7.C3H6.C2H6/c1-16-21(24(40)22(16)38)33-15-20(30(2,3)4)35-29(44)36-25(31(5,6)7)28(43)37-13-9-12-19(37)27(42)34-18(23(39)26(32)41)14-17-10-8-11-17;1-2-3-1;1-2/h17-20,25,33H,8-15H2,1-7H3,(H2,32,41)(H,34,42)(H2,35,36,44);1-3H2;1-2H3/t18?,19-,20?,25?;;/m0../s1. The van der Waals surface area contributed by atoms with Crippen LogP contribution in [0.5, 0.6) is 0 Å². The first-order valence-corrected chi connectivity index (χ1v) is 17.9. The molecule has 1 aromatic rings. The summed E-state index contributed by atoms with van der Waals surface area (Å²) < 4.78 is 0. The topological polar surface area (TPSA) is 197 Å². The van der Waals surface area contributed by atoms with Crippen molar-refractivity contribution in [3.8, 4) is 0 Å². The molecule has 4 atom stereocenters. The summed E-state index contributed by atoms with van der Waals surface area (Å²) in [6.45, 7) is 17.2. The van der Waals surface area contributed by atoms with Gasteiger partial charge in [0, 0.05) is 18.7 Å². The molecule has 1 heterocycles. The zero-order chi connectivity index (χ0) is 37.3. The number of primary amides is 1. The second-order valence-corrected chi connectivity index (χ2v) is 15.4. The zero-order valence-corrected chi connectivity index (χ0v) is 31.0. The van der Waals surface area contributed by atoms with Gasteiger partial charge in [-0.3, -0.25) is 28.8 Å². The number of nitrogens with two attached hydrogens (primary N) is 1. The second kappa shape index (κ2) is 17.8. The van der Waals surface area contributed by atoms with Gasteiger partial charge in [-0.25, -0.2) is 4.79 Å². The maximum atomic E-state index is 13.9. The summed E-state index contributed by atoms with van der Waals surface area (Å²) in [5.41, 5.74) is 3.53. The molecule has 1 aliphatic heterocycles. The molecule has 3 unspecified atom stereocenters. The number of Topliss-reactive ketones (excluding diaryl/α,β-unsaturated/α-hetero) is 1. The Balaban J connectivity index is 0.00000155.